The van der Waals surface area contributed by atoms with Gasteiger partial charge in [-0.3, -0.25) is 14.8 Å². The molecule has 7 heteroatoms. The molecule has 0 aliphatic carbocycles. The van der Waals surface area contributed by atoms with E-state index in [9.17, 15) is 18.0 Å². The van der Waals surface area contributed by atoms with Crippen LogP contribution in [0.1, 0.15) is 16.7 Å². The molecule has 4 nitrogen and oxygen atoms in total. The summed E-state index contributed by atoms with van der Waals surface area (Å²) in [6.07, 6.45) is 0.646. The molecule has 2 heterocycles. The zero-order chi connectivity index (χ0) is 19.3. The van der Waals surface area contributed by atoms with Gasteiger partial charge in [0.15, 0.2) is 0 Å². The molecule has 0 unspecified atom stereocenters. The second-order valence-corrected chi connectivity index (χ2v) is 5.93. The fourth-order valence-electron chi connectivity index (χ4n) is 2.52. The van der Waals surface area contributed by atoms with Crippen molar-refractivity contribution in [1.29, 1.82) is 0 Å². The van der Waals surface area contributed by atoms with E-state index in [1.54, 1.807) is 24.7 Å². The quantitative estimate of drug-likeness (QED) is 0.737. The number of carbonyl (C=O) groups excluding carboxylic acids is 1. The Balaban J connectivity index is 1.58. The summed E-state index contributed by atoms with van der Waals surface area (Å²) in [7, 11) is 0. The fourth-order valence-corrected chi connectivity index (χ4v) is 2.52. The average Bonchev–Trinajstić information content (AvgIpc) is 2.67. The number of rotatable bonds is 5. The molecule has 0 aliphatic heterocycles. The molecule has 3 aromatic rings. The Labute approximate surface area is 154 Å². The topological polar surface area (TPSA) is 54.9 Å². The maximum Gasteiger partial charge on any atom is 0.416 e. The minimum Gasteiger partial charge on any atom is -0.352 e. The van der Waals surface area contributed by atoms with Crippen LogP contribution in [0.25, 0.3) is 11.3 Å². The molecule has 0 atom stereocenters. The Kier molecular flexibility index (Phi) is 5.49. The number of benzene rings is 1. The van der Waals surface area contributed by atoms with E-state index in [1.807, 2.05) is 18.2 Å². The van der Waals surface area contributed by atoms with Gasteiger partial charge in [-0.1, -0.05) is 12.1 Å². The van der Waals surface area contributed by atoms with Gasteiger partial charge in [0, 0.05) is 30.7 Å². The summed E-state index contributed by atoms with van der Waals surface area (Å²) in [6.45, 7) is 0.306. The van der Waals surface area contributed by atoms with Crippen LogP contribution in [-0.4, -0.2) is 15.9 Å². The minimum absolute atomic E-state index is 0.0143. The zero-order valence-corrected chi connectivity index (χ0v) is 14.2. The molecule has 0 spiro atoms. The van der Waals surface area contributed by atoms with Crippen molar-refractivity contribution < 1.29 is 18.0 Å². The van der Waals surface area contributed by atoms with Crippen molar-refractivity contribution in [3.8, 4) is 11.3 Å². The molecule has 3 rings (SSSR count). The Morgan fingerprint density at radius 3 is 2.30 bits per heavy atom. The van der Waals surface area contributed by atoms with Crippen LogP contribution in [-0.2, 0) is 23.9 Å². The zero-order valence-electron chi connectivity index (χ0n) is 14.2. The van der Waals surface area contributed by atoms with E-state index in [-0.39, 0.29) is 12.3 Å². The molecule has 27 heavy (non-hydrogen) atoms. The van der Waals surface area contributed by atoms with Gasteiger partial charge < -0.3 is 5.32 Å². The maximum atomic E-state index is 12.6. The molecule has 1 amide bonds. The number of nitrogens with zero attached hydrogens (tertiary/aromatic N) is 2. The van der Waals surface area contributed by atoms with E-state index >= 15 is 0 Å². The lowest BCUT2D eigenvalue weighted by Gasteiger charge is -2.09. The summed E-state index contributed by atoms with van der Waals surface area (Å²) in [5.74, 6) is -0.267. The van der Waals surface area contributed by atoms with Crippen molar-refractivity contribution >= 4 is 5.91 Å². The van der Waals surface area contributed by atoms with Crippen molar-refractivity contribution in [3.63, 3.8) is 0 Å². The molecule has 2 aromatic heterocycles. The third kappa shape index (κ3) is 5.13. The highest BCUT2D eigenvalue weighted by molar-refractivity contribution is 5.78. The second-order valence-electron chi connectivity index (χ2n) is 5.93. The lowest BCUT2D eigenvalue weighted by Crippen LogP contribution is -2.24. The molecule has 0 aliphatic rings. The smallest absolute Gasteiger partial charge is 0.352 e. The van der Waals surface area contributed by atoms with E-state index in [4.69, 9.17) is 0 Å². The van der Waals surface area contributed by atoms with Gasteiger partial charge in [0.05, 0.1) is 17.7 Å². The minimum atomic E-state index is -4.38. The standard InChI is InChI=1S/C20H16F3N3O/c21-20(22,23)17-3-1-14(2-4-17)12-19(27)26-13-15-5-10-25-18(11-15)16-6-8-24-9-7-16/h1-11H,12-13H2,(H,26,27). The van der Waals surface area contributed by atoms with E-state index in [0.717, 1.165) is 29.0 Å². The molecule has 138 valence electrons. The molecule has 0 saturated carbocycles. The third-order valence-corrected chi connectivity index (χ3v) is 3.94. The summed E-state index contributed by atoms with van der Waals surface area (Å²) in [5, 5.41) is 2.77. The van der Waals surface area contributed by atoms with Gasteiger partial charge >= 0.3 is 6.18 Å². The highest BCUT2D eigenvalue weighted by Gasteiger charge is 2.29. The highest BCUT2D eigenvalue weighted by Crippen LogP contribution is 2.29. The van der Waals surface area contributed by atoms with E-state index in [1.165, 1.54) is 12.1 Å². The largest absolute Gasteiger partial charge is 0.416 e. The number of aromatic nitrogens is 2. The molecular formula is C20H16F3N3O. The summed E-state index contributed by atoms with van der Waals surface area (Å²) in [6, 6.07) is 11.9. The summed E-state index contributed by atoms with van der Waals surface area (Å²) < 4.78 is 37.7. The fraction of sp³-hybridized carbons (Fsp3) is 0.150. The normalized spacial score (nSPS) is 11.2. The molecule has 1 aromatic carbocycles. The van der Waals surface area contributed by atoms with Gasteiger partial charge in [0.25, 0.3) is 0 Å². The van der Waals surface area contributed by atoms with Crippen LogP contribution < -0.4 is 5.32 Å². The van der Waals surface area contributed by atoms with Crippen LogP contribution in [0, 0.1) is 0 Å². The molecule has 0 bridgehead atoms. The van der Waals surface area contributed by atoms with Crippen molar-refractivity contribution in [2.45, 2.75) is 19.1 Å². The molecule has 0 radical (unpaired) electrons. The van der Waals surface area contributed by atoms with Crippen molar-refractivity contribution in [1.82, 2.24) is 15.3 Å². The number of halogens is 3. The lowest BCUT2D eigenvalue weighted by atomic mass is 10.1. The van der Waals surface area contributed by atoms with Crippen LogP contribution in [0.4, 0.5) is 13.2 Å². The van der Waals surface area contributed by atoms with Crippen molar-refractivity contribution in [2.75, 3.05) is 0 Å². The molecule has 0 fully saturated rings. The summed E-state index contributed by atoms with van der Waals surface area (Å²) in [4.78, 5) is 20.3. The number of pyridine rings is 2. The van der Waals surface area contributed by atoms with Gasteiger partial charge in [-0.05, 0) is 47.5 Å². The first-order valence-electron chi connectivity index (χ1n) is 8.20. The first-order chi connectivity index (χ1) is 12.9. The first-order valence-corrected chi connectivity index (χ1v) is 8.20. The van der Waals surface area contributed by atoms with Crippen LogP contribution in [0.5, 0.6) is 0 Å². The molecule has 1 N–H and O–H groups in total. The monoisotopic (exact) mass is 371 g/mol. The molecule has 0 saturated heterocycles. The Morgan fingerprint density at radius 2 is 1.63 bits per heavy atom. The van der Waals surface area contributed by atoms with Crippen LogP contribution >= 0.6 is 0 Å². The first kappa shape index (κ1) is 18.6. The number of hydrogen-bond donors (Lipinski definition) is 1. The van der Waals surface area contributed by atoms with Crippen molar-refractivity contribution in [3.05, 3.63) is 83.8 Å². The second kappa shape index (κ2) is 7.99. The van der Waals surface area contributed by atoms with Gasteiger partial charge in [0.1, 0.15) is 0 Å². The number of amides is 1. The number of alkyl halides is 3. The highest BCUT2D eigenvalue weighted by atomic mass is 19.4. The van der Waals surface area contributed by atoms with Crippen molar-refractivity contribution in [2.24, 2.45) is 0 Å². The number of nitrogens with one attached hydrogen (secondary N) is 1. The average molecular weight is 371 g/mol. The lowest BCUT2D eigenvalue weighted by molar-refractivity contribution is -0.137. The summed E-state index contributed by atoms with van der Waals surface area (Å²) in [5.41, 5.74) is 2.35. The Morgan fingerprint density at radius 1 is 0.926 bits per heavy atom. The predicted octanol–water partition coefficient (Wildman–Crippen LogP) is 4.02. The Hall–Kier alpha value is -3.22. The summed E-state index contributed by atoms with van der Waals surface area (Å²) >= 11 is 0. The van der Waals surface area contributed by atoms with E-state index in [0.29, 0.717) is 12.1 Å². The van der Waals surface area contributed by atoms with Gasteiger partial charge in [-0.15, -0.1) is 0 Å². The van der Waals surface area contributed by atoms with Gasteiger partial charge in [-0.2, -0.15) is 13.2 Å². The third-order valence-electron chi connectivity index (χ3n) is 3.94. The van der Waals surface area contributed by atoms with E-state index < -0.39 is 11.7 Å². The predicted molar refractivity (Wildman–Crippen MR) is 94.5 cm³/mol. The van der Waals surface area contributed by atoms with Crippen LogP contribution in [0.3, 0.4) is 0 Å². The Bertz CT molecular complexity index is 910. The van der Waals surface area contributed by atoms with Gasteiger partial charge in [-0.25, -0.2) is 0 Å². The number of carbonyl (C=O) groups is 1. The molecular weight excluding hydrogens is 355 g/mol. The van der Waals surface area contributed by atoms with E-state index in [2.05, 4.69) is 15.3 Å². The van der Waals surface area contributed by atoms with Crippen LogP contribution in [0.2, 0.25) is 0 Å². The van der Waals surface area contributed by atoms with Crippen LogP contribution in [0.15, 0.2) is 67.1 Å². The maximum absolute atomic E-state index is 12.6. The SMILES string of the molecule is O=C(Cc1ccc(C(F)(F)F)cc1)NCc1ccnc(-c2ccncc2)c1. The number of hydrogen-bond acceptors (Lipinski definition) is 3. The van der Waals surface area contributed by atoms with Gasteiger partial charge in [0.2, 0.25) is 5.91 Å².